The highest BCUT2D eigenvalue weighted by molar-refractivity contribution is 6.30. The topological polar surface area (TPSA) is 79.9 Å². The normalized spacial score (nSPS) is 14.6. The maximum absolute atomic E-state index is 13.6. The first-order valence-electron chi connectivity index (χ1n) is 11.0. The zero-order valence-corrected chi connectivity index (χ0v) is 20.1. The number of ether oxygens (including phenoxy) is 2. The second kappa shape index (κ2) is 10.7. The lowest BCUT2D eigenvalue weighted by Crippen LogP contribution is -2.46. The van der Waals surface area contributed by atoms with Crippen molar-refractivity contribution in [3.8, 4) is 11.5 Å². The Hall–Kier alpha value is -3.78. The Balaban J connectivity index is 1.62. The van der Waals surface area contributed by atoms with Gasteiger partial charge in [-0.3, -0.25) is 4.79 Å². The van der Waals surface area contributed by atoms with Gasteiger partial charge < -0.3 is 25.0 Å². The van der Waals surface area contributed by atoms with E-state index in [-0.39, 0.29) is 12.5 Å². The molecule has 0 fully saturated rings. The average Bonchev–Trinajstić information content (AvgIpc) is 2.86. The number of hydrogen-bond acceptors (Lipinski definition) is 4. The number of rotatable bonds is 6. The molecular weight excluding hydrogens is 473 g/mol. The van der Waals surface area contributed by atoms with Gasteiger partial charge >= 0.3 is 6.03 Å². The molecule has 4 rings (SSSR count). The van der Waals surface area contributed by atoms with Crippen LogP contribution in [0.3, 0.4) is 0 Å². The molecule has 0 aliphatic carbocycles. The summed E-state index contributed by atoms with van der Waals surface area (Å²) in [7, 11) is 3.11. The summed E-state index contributed by atoms with van der Waals surface area (Å²) in [5.74, 6) is 0.371. The molecule has 0 radical (unpaired) electrons. The number of halogens is 2. The fraction of sp³-hybridized carbons (Fsp3) is 0.231. The molecule has 1 aliphatic heterocycles. The highest BCUT2D eigenvalue weighted by Crippen LogP contribution is 2.38. The summed E-state index contributed by atoms with van der Waals surface area (Å²) in [5, 5.41) is 6.20. The van der Waals surface area contributed by atoms with Crippen molar-refractivity contribution in [3.05, 3.63) is 88.2 Å². The molecule has 2 N–H and O–H groups in total. The maximum atomic E-state index is 13.6. The predicted molar refractivity (Wildman–Crippen MR) is 132 cm³/mol. The van der Waals surface area contributed by atoms with Crippen molar-refractivity contribution < 1.29 is 23.5 Å². The second-order valence-corrected chi connectivity index (χ2v) is 8.46. The minimum absolute atomic E-state index is 0.153. The number of hydrogen-bond donors (Lipinski definition) is 2. The molecule has 7 nitrogen and oxygen atoms in total. The van der Waals surface area contributed by atoms with Gasteiger partial charge in [-0.1, -0.05) is 17.7 Å². The fourth-order valence-corrected chi connectivity index (χ4v) is 4.27. The number of anilines is 1. The summed E-state index contributed by atoms with van der Waals surface area (Å²) in [4.78, 5) is 27.6. The fourth-order valence-electron chi connectivity index (χ4n) is 4.15. The minimum atomic E-state index is -0.497. The maximum Gasteiger partial charge on any atom is 0.322 e. The van der Waals surface area contributed by atoms with Crippen LogP contribution in [0.15, 0.2) is 60.7 Å². The number of fused-ring (bicyclic) bond motifs is 1. The molecule has 9 heteroatoms. The van der Waals surface area contributed by atoms with E-state index in [9.17, 15) is 14.0 Å². The molecule has 0 saturated heterocycles. The molecule has 0 saturated carbocycles. The average molecular weight is 498 g/mol. The number of nitrogens with zero attached hydrogens (tertiary/aromatic N) is 1. The molecule has 0 spiro atoms. The molecule has 35 heavy (non-hydrogen) atoms. The molecule has 0 bridgehead atoms. The smallest absolute Gasteiger partial charge is 0.322 e. The van der Waals surface area contributed by atoms with Crippen molar-refractivity contribution in [3.63, 3.8) is 0 Å². The van der Waals surface area contributed by atoms with E-state index in [1.165, 1.54) is 18.2 Å². The Kier molecular flexibility index (Phi) is 7.41. The molecule has 3 aromatic carbocycles. The van der Waals surface area contributed by atoms with Gasteiger partial charge in [0.15, 0.2) is 11.5 Å². The van der Waals surface area contributed by atoms with Gasteiger partial charge in [-0.05, 0) is 72.1 Å². The second-order valence-electron chi connectivity index (χ2n) is 8.02. The summed E-state index contributed by atoms with van der Waals surface area (Å²) >= 11 is 5.93. The van der Waals surface area contributed by atoms with Crippen molar-refractivity contribution in [1.82, 2.24) is 10.2 Å². The number of carbonyl (C=O) groups is 2. The molecule has 0 unspecified atom stereocenters. The zero-order chi connectivity index (χ0) is 24.9. The lowest BCUT2D eigenvalue weighted by atomic mass is 9.91. The standard InChI is InChI=1S/C26H25ClFN3O4/c1-34-23-12-17-10-11-31(26(33)30-20-5-3-4-19(28)13-20)22(21(17)14-24(23)35-2)15-29-25(32)16-6-8-18(27)9-7-16/h3-9,12-14,22H,10-11,15H2,1-2H3,(H,29,32)(H,30,33)/t22-/m1/s1. The number of nitrogens with one attached hydrogen (secondary N) is 2. The molecule has 0 aromatic heterocycles. The van der Waals surface area contributed by atoms with Gasteiger partial charge in [0, 0.05) is 29.4 Å². The van der Waals surface area contributed by atoms with Crippen LogP contribution in [-0.2, 0) is 6.42 Å². The summed E-state index contributed by atoms with van der Waals surface area (Å²) < 4.78 is 24.5. The molecule has 1 aliphatic rings. The third-order valence-corrected chi connectivity index (χ3v) is 6.15. The third-order valence-electron chi connectivity index (χ3n) is 5.90. The number of methoxy groups -OCH3 is 2. The van der Waals surface area contributed by atoms with E-state index in [4.69, 9.17) is 21.1 Å². The van der Waals surface area contributed by atoms with Crippen LogP contribution in [0.2, 0.25) is 5.02 Å². The zero-order valence-electron chi connectivity index (χ0n) is 19.3. The first-order valence-corrected chi connectivity index (χ1v) is 11.4. The number of urea groups is 1. The highest BCUT2D eigenvalue weighted by atomic mass is 35.5. The van der Waals surface area contributed by atoms with E-state index in [2.05, 4.69) is 10.6 Å². The first kappa shape index (κ1) is 24.3. The van der Waals surface area contributed by atoms with E-state index < -0.39 is 17.9 Å². The van der Waals surface area contributed by atoms with Crippen LogP contribution in [0, 0.1) is 5.82 Å². The van der Waals surface area contributed by atoms with Gasteiger partial charge in [-0.2, -0.15) is 0 Å². The van der Waals surface area contributed by atoms with Crippen LogP contribution in [-0.4, -0.2) is 44.1 Å². The van der Waals surface area contributed by atoms with Crippen LogP contribution in [0.4, 0.5) is 14.9 Å². The van der Waals surface area contributed by atoms with Crippen LogP contribution in [0.1, 0.15) is 27.5 Å². The molecule has 3 aromatic rings. The quantitative estimate of drug-likeness (QED) is 0.499. The van der Waals surface area contributed by atoms with Crippen molar-refractivity contribution in [1.29, 1.82) is 0 Å². The molecule has 182 valence electrons. The number of amides is 3. The highest BCUT2D eigenvalue weighted by Gasteiger charge is 2.32. The summed E-state index contributed by atoms with van der Waals surface area (Å²) in [6.07, 6.45) is 0.577. The Morgan fingerprint density at radius 3 is 2.46 bits per heavy atom. The Morgan fingerprint density at radius 1 is 1.06 bits per heavy atom. The van der Waals surface area contributed by atoms with Gasteiger partial charge in [-0.25, -0.2) is 9.18 Å². The summed E-state index contributed by atoms with van der Waals surface area (Å²) in [6.45, 7) is 0.547. The van der Waals surface area contributed by atoms with E-state index in [1.807, 2.05) is 12.1 Å². The van der Waals surface area contributed by atoms with Crippen LogP contribution in [0.5, 0.6) is 11.5 Å². The third kappa shape index (κ3) is 5.49. The Bertz CT molecular complexity index is 1240. The van der Waals surface area contributed by atoms with Crippen molar-refractivity contribution in [2.45, 2.75) is 12.5 Å². The van der Waals surface area contributed by atoms with E-state index >= 15 is 0 Å². The van der Waals surface area contributed by atoms with Gasteiger partial charge in [0.25, 0.3) is 5.91 Å². The van der Waals surface area contributed by atoms with E-state index in [1.54, 1.807) is 49.5 Å². The van der Waals surface area contributed by atoms with E-state index in [0.717, 1.165) is 11.1 Å². The van der Waals surface area contributed by atoms with Gasteiger partial charge in [0.05, 0.1) is 20.3 Å². The Labute approximate surface area is 207 Å². The van der Waals surface area contributed by atoms with Crippen molar-refractivity contribution >= 4 is 29.2 Å². The number of carbonyl (C=O) groups excluding carboxylic acids is 2. The van der Waals surface area contributed by atoms with Crippen LogP contribution in [0.25, 0.3) is 0 Å². The summed E-state index contributed by atoms with van der Waals surface area (Å²) in [5.41, 5.74) is 2.62. The molecule has 1 heterocycles. The minimum Gasteiger partial charge on any atom is -0.493 e. The lowest BCUT2D eigenvalue weighted by molar-refractivity contribution is 0.0936. The van der Waals surface area contributed by atoms with Crippen molar-refractivity contribution in [2.75, 3.05) is 32.6 Å². The monoisotopic (exact) mass is 497 g/mol. The van der Waals surface area contributed by atoms with Gasteiger partial charge in [0.1, 0.15) is 5.82 Å². The van der Waals surface area contributed by atoms with Crippen molar-refractivity contribution in [2.24, 2.45) is 0 Å². The lowest BCUT2D eigenvalue weighted by Gasteiger charge is -2.38. The first-order chi connectivity index (χ1) is 16.9. The van der Waals surface area contributed by atoms with E-state index in [0.29, 0.717) is 40.7 Å². The molecule has 3 amide bonds. The number of benzene rings is 3. The Morgan fingerprint density at radius 2 is 1.77 bits per heavy atom. The largest absolute Gasteiger partial charge is 0.493 e. The summed E-state index contributed by atoms with van der Waals surface area (Å²) in [6, 6.07) is 15.1. The molecular formula is C26H25ClFN3O4. The predicted octanol–water partition coefficient (Wildman–Crippen LogP) is 5.06. The van der Waals surface area contributed by atoms with Gasteiger partial charge in [-0.15, -0.1) is 0 Å². The van der Waals surface area contributed by atoms with Crippen LogP contribution < -0.4 is 20.1 Å². The SMILES string of the molecule is COc1cc2c(cc1OC)[C@@H](CNC(=O)c1ccc(Cl)cc1)N(C(=O)Nc1cccc(F)c1)CC2. The van der Waals surface area contributed by atoms with Crippen LogP contribution >= 0.6 is 11.6 Å². The van der Waals surface area contributed by atoms with Gasteiger partial charge in [0.2, 0.25) is 0 Å². The molecule has 1 atom stereocenters.